The van der Waals surface area contributed by atoms with E-state index in [1.165, 1.54) is 11.8 Å². The fraction of sp³-hybridized carbons (Fsp3) is 0.300. The summed E-state index contributed by atoms with van der Waals surface area (Å²) in [6, 6.07) is 7.17. The lowest BCUT2D eigenvalue weighted by atomic mass is 10.2. The zero-order valence-electron chi connectivity index (χ0n) is 7.62. The molecule has 0 aliphatic carbocycles. The molecular formula is C10H13NOS. The highest BCUT2D eigenvalue weighted by Crippen LogP contribution is 2.18. The van der Waals surface area contributed by atoms with Gasteiger partial charge in [-0.05, 0) is 18.6 Å². The third-order valence-electron chi connectivity index (χ3n) is 1.62. The highest BCUT2D eigenvalue weighted by molar-refractivity contribution is 8.14. The quantitative estimate of drug-likeness (QED) is 0.754. The summed E-state index contributed by atoms with van der Waals surface area (Å²) in [5.74, 6) is 0.854. The van der Waals surface area contributed by atoms with E-state index in [0.717, 1.165) is 12.2 Å². The molecule has 0 aromatic heterocycles. The average Bonchev–Trinajstić information content (AvgIpc) is 2.15. The van der Waals surface area contributed by atoms with Gasteiger partial charge in [0.15, 0.2) is 0 Å². The average molecular weight is 195 g/mol. The van der Waals surface area contributed by atoms with E-state index in [2.05, 4.69) is 6.92 Å². The Balaban J connectivity index is 2.71. The lowest BCUT2D eigenvalue weighted by molar-refractivity contribution is 0.109. The van der Waals surface area contributed by atoms with E-state index in [-0.39, 0.29) is 5.12 Å². The van der Waals surface area contributed by atoms with Crippen LogP contribution < -0.4 is 5.73 Å². The van der Waals surface area contributed by atoms with Crippen molar-refractivity contribution in [1.82, 2.24) is 0 Å². The van der Waals surface area contributed by atoms with E-state index in [1.54, 1.807) is 12.1 Å². The lowest BCUT2D eigenvalue weighted by Gasteiger charge is -2.02. The SMILES string of the molecule is CCCSC(=O)c1ccccc1N. The van der Waals surface area contributed by atoms with Crippen LogP contribution in [-0.4, -0.2) is 10.9 Å². The minimum absolute atomic E-state index is 0.0694. The van der Waals surface area contributed by atoms with Crippen LogP contribution in [0.1, 0.15) is 23.7 Å². The molecule has 0 radical (unpaired) electrons. The topological polar surface area (TPSA) is 43.1 Å². The Kier molecular flexibility index (Phi) is 3.83. The monoisotopic (exact) mass is 195 g/mol. The van der Waals surface area contributed by atoms with E-state index in [0.29, 0.717) is 11.3 Å². The van der Waals surface area contributed by atoms with E-state index in [4.69, 9.17) is 5.73 Å². The van der Waals surface area contributed by atoms with Crippen molar-refractivity contribution >= 4 is 22.6 Å². The number of carbonyl (C=O) groups excluding carboxylic acids is 1. The molecule has 70 valence electrons. The van der Waals surface area contributed by atoms with Crippen LogP contribution in [0, 0.1) is 0 Å². The summed E-state index contributed by atoms with van der Waals surface area (Å²) in [5.41, 5.74) is 6.85. The number of carbonyl (C=O) groups is 1. The zero-order valence-corrected chi connectivity index (χ0v) is 8.43. The molecule has 0 heterocycles. The van der Waals surface area contributed by atoms with Crippen molar-refractivity contribution in [3.63, 3.8) is 0 Å². The minimum Gasteiger partial charge on any atom is -0.398 e. The number of thioether (sulfide) groups is 1. The molecule has 2 N–H and O–H groups in total. The normalized spacial score (nSPS) is 9.92. The van der Waals surface area contributed by atoms with Crippen LogP contribution in [0.4, 0.5) is 5.69 Å². The second-order valence-corrected chi connectivity index (χ2v) is 3.79. The largest absolute Gasteiger partial charge is 0.398 e. The molecule has 0 unspecified atom stereocenters. The molecule has 0 bridgehead atoms. The van der Waals surface area contributed by atoms with Gasteiger partial charge in [-0.15, -0.1) is 0 Å². The number of rotatable bonds is 3. The van der Waals surface area contributed by atoms with Gasteiger partial charge in [0.1, 0.15) is 0 Å². The highest BCUT2D eigenvalue weighted by Gasteiger charge is 2.07. The molecule has 0 aliphatic heterocycles. The first-order chi connectivity index (χ1) is 6.25. The van der Waals surface area contributed by atoms with Gasteiger partial charge in [0.05, 0.1) is 5.56 Å². The predicted octanol–water partition coefficient (Wildman–Crippen LogP) is 2.55. The maximum Gasteiger partial charge on any atom is 0.221 e. The van der Waals surface area contributed by atoms with Crippen molar-refractivity contribution in [2.75, 3.05) is 11.5 Å². The standard InChI is InChI=1S/C10H13NOS/c1-2-7-13-10(12)8-5-3-4-6-9(8)11/h3-6H,2,7,11H2,1H3. The fourth-order valence-corrected chi connectivity index (χ4v) is 1.69. The number of para-hydroxylation sites is 1. The van der Waals surface area contributed by atoms with Crippen LogP contribution in [0.25, 0.3) is 0 Å². The molecule has 0 spiro atoms. The van der Waals surface area contributed by atoms with Gasteiger partial charge in [0, 0.05) is 11.4 Å². The van der Waals surface area contributed by atoms with Gasteiger partial charge in [-0.25, -0.2) is 0 Å². The summed E-state index contributed by atoms with van der Waals surface area (Å²) in [6.45, 7) is 2.05. The van der Waals surface area contributed by atoms with Gasteiger partial charge < -0.3 is 5.73 Å². The van der Waals surface area contributed by atoms with E-state index < -0.39 is 0 Å². The van der Waals surface area contributed by atoms with Gasteiger partial charge in [-0.1, -0.05) is 30.8 Å². The summed E-state index contributed by atoms with van der Waals surface area (Å²) < 4.78 is 0. The fourth-order valence-electron chi connectivity index (χ4n) is 0.955. The van der Waals surface area contributed by atoms with Crippen molar-refractivity contribution in [2.45, 2.75) is 13.3 Å². The molecule has 13 heavy (non-hydrogen) atoms. The third-order valence-corrected chi connectivity index (χ3v) is 2.71. The number of nitrogen functional groups attached to an aromatic ring is 1. The third kappa shape index (κ3) is 2.77. The van der Waals surface area contributed by atoms with Gasteiger partial charge >= 0.3 is 0 Å². The maximum atomic E-state index is 11.5. The molecule has 0 saturated carbocycles. The zero-order chi connectivity index (χ0) is 9.68. The molecule has 0 saturated heterocycles. The molecule has 2 nitrogen and oxygen atoms in total. The van der Waals surface area contributed by atoms with Crippen molar-refractivity contribution in [3.05, 3.63) is 29.8 Å². The predicted molar refractivity (Wildman–Crippen MR) is 57.9 cm³/mol. The van der Waals surface area contributed by atoms with Crippen LogP contribution in [0.3, 0.4) is 0 Å². The molecule has 0 aliphatic rings. The van der Waals surface area contributed by atoms with Crippen LogP contribution in [0.5, 0.6) is 0 Å². The lowest BCUT2D eigenvalue weighted by Crippen LogP contribution is -1.99. The summed E-state index contributed by atoms with van der Waals surface area (Å²) in [7, 11) is 0. The first-order valence-electron chi connectivity index (χ1n) is 4.27. The molecule has 0 atom stereocenters. The van der Waals surface area contributed by atoms with E-state index >= 15 is 0 Å². The Morgan fingerprint density at radius 1 is 1.46 bits per heavy atom. The minimum atomic E-state index is 0.0694. The Hall–Kier alpha value is -0.960. The molecule has 1 aromatic carbocycles. The van der Waals surface area contributed by atoms with Gasteiger partial charge in [-0.2, -0.15) is 0 Å². The Morgan fingerprint density at radius 2 is 2.15 bits per heavy atom. The van der Waals surface area contributed by atoms with Crippen LogP contribution in [0.2, 0.25) is 0 Å². The molecule has 0 fully saturated rings. The van der Waals surface area contributed by atoms with Crippen molar-refractivity contribution < 1.29 is 4.79 Å². The van der Waals surface area contributed by atoms with Crippen molar-refractivity contribution in [2.24, 2.45) is 0 Å². The van der Waals surface area contributed by atoms with Crippen molar-refractivity contribution in [3.8, 4) is 0 Å². The summed E-state index contributed by atoms with van der Waals surface area (Å²) in [4.78, 5) is 11.5. The molecule has 1 aromatic rings. The van der Waals surface area contributed by atoms with E-state index in [1.807, 2.05) is 12.1 Å². The smallest absolute Gasteiger partial charge is 0.221 e. The first-order valence-corrected chi connectivity index (χ1v) is 5.26. The first kappa shape index (κ1) is 10.1. The van der Waals surface area contributed by atoms with Crippen LogP contribution in [0.15, 0.2) is 24.3 Å². The molecule has 0 amide bonds. The maximum absolute atomic E-state index is 11.5. The highest BCUT2D eigenvalue weighted by atomic mass is 32.2. The summed E-state index contributed by atoms with van der Waals surface area (Å²) in [6.07, 6.45) is 1.00. The van der Waals surface area contributed by atoms with Gasteiger partial charge in [0.25, 0.3) is 0 Å². The van der Waals surface area contributed by atoms with Crippen LogP contribution >= 0.6 is 11.8 Å². The molecular weight excluding hydrogens is 182 g/mol. The Bertz CT molecular complexity index is 299. The number of benzene rings is 1. The molecule has 3 heteroatoms. The number of anilines is 1. The number of hydrogen-bond acceptors (Lipinski definition) is 3. The molecule has 1 rings (SSSR count). The summed E-state index contributed by atoms with van der Waals surface area (Å²) >= 11 is 1.32. The second-order valence-electron chi connectivity index (χ2n) is 2.72. The Labute approximate surface area is 82.5 Å². The van der Waals surface area contributed by atoms with Gasteiger partial charge in [0.2, 0.25) is 5.12 Å². The van der Waals surface area contributed by atoms with Crippen LogP contribution in [-0.2, 0) is 0 Å². The van der Waals surface area contributed by atoms with Crippen molar-refractivity contribution in [1.29, 1.82) is 0 Å². The Morgan fingerprint density at radius 3 is 2.77 bits per heavy atom. The van der Waals surface area contributed by atoms with Gasteiger partial charge in [-0.3, -0.25) is 4.79 Å². The summed E-state index contributed by atoms with van der Waals surface area (Å²) in [5, 5.41) is 0.0694. The number of nitrogens with two attached hydrogens (primary N) is 1. The number of hydrogen-bond donors (Lipinski definition) is 1. The van der Waals surface area contributed by atoms with E-state index in [9.17, 15) is 4.79 Å². The second kappa shape index (κ2) is 4.92.